The van der Waals surface area contributed by atoms with Crippen LogP contribution >= 0.6 is 31.9 Å². The maximum absolute atomic E-state index is 5.33. The maximum atomic E-state index is 5.33. The molecule has 2 nitrogen and oxygen atoms in total. The van der Waals surface area contributed by atoms with Gasteiger partial charge in [-0.1, -0.05) is 15.9 Å². The zero-order chi connectivity index (χ0) is 10.7. The first-order valence-electron chi connectivity index (χ1n) is 5.05. The molecule has 1 fully saturated rings. The number of ether oxygens (including phenoxy) is 1. The second kappa shape index (κ2) is 5.32. The predicted octanol–water partition coefficient (Wildman–Crippen LogP) is 3.80. The van der Waals surface area contributed by atoms with E-state index in [1.165, 1.54) is 0 Å². The molecule has 0 saturated carbocycles. The molecule has 0 aliphatic carbocycles. The third-order valence-corrected chi connectivity index (χ3v) is 3.69. The Bertz CT molecular complexity index is 337. The van der Waals surface area contributed by atoms with Gasteiger partial charge in [0.25, 0.3) is 0 Å². The van der Waals surface area contributed by atoms with Crippen LogP contribution in [0.15, 0.2) is 27.1 Å². The molecule has 0 amide bonds. The molecule has 1 N–H and O–H groups in total. The van der Waals surface area contributed by atoms with E-state index in [9.17, 15) is 0 Å². The van der Waals surface area contributed by atoms with Crippen LogP contribution in [0.4, 0.5) is 5.69 Å². The summed E-state index contributed by atoms with van der Waals surface area (Å²) in [6.07, 6.45) is 2.16. The summed E-state index contributed by atoms with van der Waals surface area (Å²) in [5.41, 5.74) is 1.15. The monoisotopic (exact) mass is 333 g/mol. The van der Waals surface area contributed by atoms with Crippen LogP contribution in [0.5, 0.6) is 0 Å². The molecule has 15 heavy (non-hydrogen) atoms. The van der Waals surface area contributed by atoms with Gasteiger partial charge in [0.2, 0.25) is 0 Å². The number of hydrogen-bond donors (Lipinski definition) is 1. The summed E-state index contributed by atoms with van der Waals surface area (Å²) < 4.78 is 7.54. The first kappa shape index (κ1) is 11.4. The Morgan fingerprint density at radius 3 is 2.67 bits per heavy atom. The van der Waals surface area contributed by atoms with Crippen molar-refractivity contribution >= 4 is 37.5 Å². The van der Waals surface area contributed by atoms with Crippen molar-refractivity contribution in [2.45, 2.75) is 18.9 Å². The lowest BCUT2D eigenvalue weighted by Gasteiger charge is -2.24. The van der Waals surface area contributed by atoms with Gasteiger partial charge in [-0.3, -0.25) is 0 Å². The molecule has 4 heteroatoms. The minimum Gasteiger partial charge on any atom is -0.381 e. The van der Waals surface area contributed by atoms with Crippen molar-refractivity contribution in [3.05, 3.63) is 27.1 Å². The molecule has 0 bridgehead atoms. The number of hydrogen-bond acceptors (Lipinski definition) is 2. The fraction of sp³-hybridized carbons (Fsp3) is 0.455. The van der Waals surface area contributed by atoms with Crippen LogP contribution in [0.3, 0.4) is 0 Å². The molecule has 0 radical (unpaired) electrons. The van der Waals surface area contributed by atoms with Crippen LogP contribution in [-0.2, 0) is 4.74 Å². The zero-order valence-electron chi connectivity index (χ0n) is 8.30. The van der Waals surface area contributed by atoms with E-state index in [2.05, 4.69) is 43.2 Å². The normalized spacial score (nSPS) is 17.7. The number of anilines is 1. The molecular weight excluding hydrogens is 322 g/mol. The second-order valence-corrected chi connectivity index (χ2v) is 5.43. The van der Waals surface area contributed by atoms with E-state index < -0.39 is 0 Å². The number of halogens is 2. The Kier molecular flexibility index (Phi) is 4.05. The van der Waals surface area contributed by atoms with Gasteiger partial charge in [-0.15, -0.1) is 0 Å². The van der Waals surface area contributed by atoms with Gasteiger partial charge in [0, 0.05) is 33.9 Å². The van der Waals surface area contributed by atoms with Crippen molar-refractivity contribution in [2.75, 3.05) is 18.5 Å². The summed E-state index contributed by atoms with van der Waals surface area (Å²) in [7, 11) is 0. The molecule has 1 heterocycles. The smallest absolute Gasteiger partial charge is 0.0498 e. The van der Waals surface area contributed by atoms with E-state index in [1.54, 1.807) is 0 Å². The maximum Gasteiger partial charge on any atom is 0.0498 e. The summed E-state index contributed by atoms with van der Waals surface area (Å²) in [5, 5.41) is 3.53. The zero-order valence-corrected chi connectivity index (χ0v) is 11.5. The fourth-order valence-corrected chi connectivity index (χ4v) is 2.39. The number of nitrogens with one attached hydrogen (secondary N) is 1. The quantitative estimate of drug-likeness (QED) is 0.888. The second-order valence-electron chi connectivity index (χ2n) is 3.66. The minimum atomic E-state index is 0.532. The number of benzene rings is 1. The van der Waals surface area contributed by atoms with Gasteiger partial charge in [-0.2, -0.15) is 0 Å². The van der Waals surface area contributed by atoms with Gasteiger partial charge >= 0.3 is 0 Å². The van der Waals surface area contributed by atoms with Crippen molar-refractivity contribution in [1.82, 2.24) is 0 Å². The highest BCUT2D eigenvalue weighted by atomic mass is 79.9. The summed E-state index contributed by atoms with van der Waals surface area (Å²) >= 11 is 7.02. The lowest BCUT2D eigenvalue weighted by atomic mass is 10.1. The molecule has 1 aromatic rings. The summed E-state index contributed by atoms with van der Waals surface area (Å²) in [5.74, 6) is 0. The first-order valence-corrected chi connectivity index (χ1v) is 6.63. The molecule has 0 spiro atoms. The van der Waals surface area contributed by atoms with Gasteiger partial charge < -0.3 is 10.1 Å². The summed E-state index contributed by atoms with van der Waals surface area (Å²) in [6.45, 7) is 1.73. The number of rotatable bonds is 2. The summed E-state index contributed by atoms with van der Waals surface area (Å²) in [4.78, 5) is 0. The Balaban J connectivity index is 2.05. The molecule has 0 aromatic heterocycles. The molecule has 0 unspecified atom stereocenters. The molecular formula is C11H13Br2NO. The molecule has 82 valence electrons. The van der Waals surface area contributed by atoms with Gasteiger partial charge in [0.05, 0.1) is 0 Å². The standard InChI is InChI=1S/C11H13Br2NO/c12-8-1-2-10(13)11(7-8)14-9-3-5-15-6-4-9/h1-2,7,9,14H,3-6H2. The molecule has 1 aliphatic heterocycles. The van der Waals surface area contributed by atoms with Crippen LogP contribution in [0.25, 0.3) is 0 Å². The molecule has 1 aromatic carbocycles. The third kappa shape index (κ3) is 3.20. The molecule has 1 saturated heterocycles. The van der Waals surface area contributed by atoms with Crippen molar-refractivity contribution in [3.63, 3.8) is 0 Å². The van der Waals surface area contributed by atoms with Crippen LogP contribution in [0.2, 0.25) is 0 Å². The van der Waals surface area contributed by atoms with E-state index in [1.807, 2.05) is 12.1 Å². The van der Waals surface area contributed by atoms with Crippen molar-refractivity contribution in [1.29, 1.82) is 0 Å². The highest BCUT2D eigenvalue weighted by molar-refractivity contribution is 9.11. The van der Waals surface area contributed by atoms with Crippen molar-refractivity contribution in [2.24, 2.45) is 0 Å². The largest absolute Gasteiger partial charge is 0.381 e. The molecule has 2 rings (SSSR count). The van der Waals surface area contributed by atoms with Crippen LogP contribution < -0.4 is 5.32 Å². The Morgan fingerprint density at radius 1 is 1.20 bits per heavy atom. The van der Waals surface area contributed by atoms with Crippen molar-refractivity contribution in [3.8, 4) is 0 Å². The SMILES string of the molecule is Brc1ccc(Br)c(NC2CCOCC2)c1. The first-order chi connectivity index (χ1) is 7.25. The highest BCUT2D eigenvalue weighted by Crippen LogP contribution is 2.27. The van der Waals surface area contributed by atoms with Gasteiger partial charge in [0.1, 0.15) is 0 Å². The molecule has 1 aliphatic rings. The average Bonchev–Trinajstić information content (AvgIpc) is 2.25. The van der Waals surface area contributed by atoms with E-state index in [0.717, 1.165) is 40.7 Å². The van der Waals surface area contributed by atoms with Crippen LogP contribution in [-0.4, -0.2) is 19.3 Å². The Morgan fingerprint density at radius 2 is 1.93 bits per heavy atom. The van der Waals surface area contributed by atoms with Gasteiger partial charge in [-0.05, 0) is 47.0 Å². The Hall–Kier alpha value is -0.0600. The lowest BCUT2D eigenvalue weighted by Crippen LogP contribution is -2.27. The minimum absolute atomic E-state index is 0.532. The molecule has 0 atom stereocenters. The van der Waals surface area contributed by atoms with Crippen LogP contribution in [0.1, 0.15) is 12.8 Å². The highest BCUT2D eigenvalue weighted by Gasteiger charge is 2.14. The van der Waals surface area contributed by atoms with Gasteiger partial charge in [0.15, 0.2) is 0 Å². The van der Waals surface area contributed by atoms with Crippen molar-refractivity contribution < 1.29 is 4.74 Å². The fourth-order valence-electron chi connectivity index (χ4n) is 1.67. The van der Waals surface area contributed by atoms with Gasteiger partial charge in [-0.25, -0.2) is 0 Å². The van der Waals surface area contributed by atoms with E-state index in [0.29, 0.717) is 6.04 Å². The van der Waals surface area contributed by atoms with E-state index in [-0.39, 0.29) is 0 Å². The summed E-state index contributed by atoms with van der Waals surface area (Å²) in [6, 6.07) is 6.70. The third-order valence-electron chi connectivity index (χ3n) is 2.51. The lowest BCUT2D eigenvalue weighted by molar-refractivity contribution is 0.0904. The average molecular weight is 335 g/mol. The predicted molar refractivity (Wildman–Crippen MR) is 69.3 cm³/mol. The topological polar surface area (TPSA) is 21.3 Å². The Labute approximate surface area is 107 Å². The van der Waals surface area contributed by atoms with E-state index in [4.69, 9.17) is 4.74 Å². The van der Waals surface area contributed by atoms with E-state index >= 15 is 0 Å². The van der Waals surface area contributed by atoms with Crippen LogP contribution in [0, 0.1) is 0 Å².